The van der Waals surface area contributed by atoms with Crippen molar-refractivity contribution in [2.45, 2.75) is 20.5 Å². The number of nitrogens with one attached hydrogen (secondary N) is 1. The number of rotatable bonds is 5. The molecule has 136 valence electrons. The molecule has 5 heteroatoms. The van der Waals surface area contributed by atoms with Gasteiger partial charge in [-0.2, -0.15) is 0 Å². The molecule has 0 spiro atoms. The van der Waals surface area contributed by atoms with E-state index >= 15 is 0 Å². The van der Waals surface area contributed by atoms with E-state index in [0.29, 0.717) is 23.7 Å². The van der Waals surface area contributed by atoms with Crippen LogP contribution in [0.4, 0.5) is 0 Å². The fraction of sp³-hybridized carbons (Fsp3) is 0.182. The predicted molar refractivity (Wildman–Crippen MR) is 102 cm³/mol. The van der Waals surface area contributed by atoms with Gasteiger partial charge in [0.15, 0.2) is 0 Å². The quantitative estimate of drug-likeness (QED) is 0.706. The van der Waals surface area contributed by atoms with E-state index < -0.39 is 0 Å². The second kappa shape index (κ2) is 8.72. The van der Waals surface area contributed by atoms with Gasteiger partial charge in [-0.3, -0.25) is 4.79 Å². The van der Waals surface area contributed by atoms with Gasteiger partial charge in [-0.25, -0.2) is 0 Å². The smallest absolute Gasteiger partial charge is 0.255 e. The fourth-order valence-corrected chi connectivity index (χ4v) is 2.53. The van der Waals surface area contributed by atoms with Crippen LogP contribution in [0.1, 0.15) is 32.9 Å². The zero-order valence-electron chi connectivity index (χ0n) is 15.3. The Kier molecular flexibility index (Phi) is 5.91. The molecule has 3 aromatic rings. The van der Waals surface area contributed by atoms with Crippen molar-refractivity contribution in [3.05, 3.63) is 82.7 Å². The minimum Gasteiger partial charge on any atom is -0.488 e. The number of hydrogen-bond acceptors (Lipinski definition) is 4. The van der Waals surface area contributed by atoms with Crippen LogP contribution in [0.5, 0.6) is 5.75 Å². The lowest BCUT2D eigenvalue weighted by Gasteiger charge is -2.10. The number of carbonyl (C=O) groups excluding carboxylic acids is 1. The van der Waals surface area contributed by atoms with Gasteiger partial charge in [-0.05, 0) is 38.1 Å². The molecule has 0 fully saturated rings. The van der Waals surface area contributed by atoms with E-state index in [-0.39, 0.29) is 12.5 Å². The average Bonchev–Trinajstić information content (AvgIpc) is 3.02. The maximum Gasteiger partial charge on any atom is 0.255 e. The van der Waals surface area contributed by atoms with Crippen molar-refractivity contribution in [2.24, 2.45) is 0 Å². The molecule has 0 radical (unpaired) electrons. The Hall–Kier alpha value is -3.52. The zero-order valence-corrected chi connectivity index (χ0v) is 15.3. The largest absolute Gasteiger partial charge is 0.488 e. The number of ether oxygens (including phenoxy) is 1. The number of amides is 1. The molecule has 27 heavy (non-hydrogen) atoms. The predicted octanol–water partition coefficient (Wildman–Crippen LogP) is 3.65. The van der Waals surface area contributed by atoms with Gasteiger partial charge >= 0.3 is 0 Å². The standard InChI is InChI=1S/C22H20N2O3/c1-16-20(17(2)27-24-16)15-26-21-13-7-6-12-19(21)22(25)23-14-8-11-18-9-4-3-5-10-18/h3-7,9-10,12-13H,14-15H2,1-2H3,(H,23,25). The van der Waals surface area contributed by atoms with E-state index in [2.05, 4.69) is 22.3 Å². The highest BCUT2D eigenvalue weighted by Gasteiger charge is 2.14. The van der Waals surface area contributed by atoms with Gasteiger partial charge in [0.25, 0.3) is 5.91 Å². The van der Waals surface area contributed by atoms with E-state index in [1.807, 2.05) is 50.2 Å². The highest BCUT2D eigenvalue weighted by atomic mass is 16.5. The third kappa shape index (κ3) is 4.77. The summed E-state index contributed by atoms with van der Waals surface area (Å²) in [5.41, 5.74) is 3.05. The SMILES string of the molecule is Cc1noc(C)c1COc1ccccc1C(=O)NCC#Cc1ccccc1. The third-order valence-electron chi connectivity index (χ3n) is 4.03. The molecule has 2 aromatic carbocycles. The summed E-state index contributed by atoms with van der Waals surface area (Å²) < 4.78 is 11.0. The molecule has 1 aromatic heterocycles. The van der Waals surface area contributed by atoms with Gasteiger partial charge in [-0.15, -0.1) is 0 Å². The van der Waals surface area contributed by atoms with Crippen LogP contribution in [0.15, 0.2) is 59.1 Å². The molecule has 1 N–H and O–H groups in total. The fourth-order valence-electron chi connectivity index (χ4n) is 2.53. The third-order valence-corrected chi connectivity index (χ3v) is 4.03. The normalized spacial score (nSPS) is 10.0. The second-order valence-corrected chi connectivity index (χ2v) is 5.94. The van der Waals surface area contributed by atoms with Crippen molar-refractivity contribution in [1.29, 1.82) is 0 Å². The summed E-state index contributed by atoms with van der Waals surface area (Å²) in [6.45, 7) is 4.24. The molecule has 0 atom stereocenters. The highest BCUT2D eigenvalue weighted by molar-refractivity contribution is 5.97. The van der Waals surface area contributed by atoms with Crippen LogP contribution in [0.2, 0.25) is 0 Å². The van der Waals surface area contributed by atoms with E-state index in [1.54, 1.807) is 18.2 Å². The number of carbonyl (C=O) groups is 1. The van der Waals surface area contributed by atoms with Gasteiger partial charge in [0.1, 0.15) is 18.1 Å². The Morgan fingerprint density at radius 2 is 1.85 bits per heavy atom. The van der Waals surface area contributed by atoms with Crippen LogP contribution in [0.3, 0.4) is 0 Å². The average molecular weight is 360 g/mol. The highest BCUT2D eigenvalue weighted by Crippen LogP contribution is 2.21. The maximum atomic E-state index is 12.5. The first-order valence-electron chi connectivity index (χ1n) is 8.61. The maximum absolute atomic E-state index is 12.5. The molecule has 0 aliphatic rings. The first-order chi connectivity index (χ1) is 13.1. The molecule has 1 amide bonds. The summed E-state index contributed by atoms with van der Waals surface area (Å²) in [6, 6.07) is 16.8. The molecular formula is C22H20N2O3. The number of hydrogen-bond donors (Lipinski definition) is 1. The first kappa shape index (κ1) is 18.3. The summed E-state index contributed by atoms with van der Waals surface area (Å²) in [5.74, 6) is 6.95. The van der Waals surface area contributed by atoms with Crippen molar-refractivity contribution in [1.82, 2.24) is 10.5 Å². The van der Waals surface area contributed by atoms with Gasteiger partial charge in [0.05, 0.1) is 23.4 Å². The van der Waals surface area contributed by atoms with Crippen molar-refractivity contribution >= 4 is 5.91 Å². The molecular weight excluding hydrogens is 340 g/mol. The van der Waals surface area contributed by atoms with Crippen molar-refractivity contribution < 1.29 is 14.1 Å². The number of benzene rings is 2. The monoisotopic (exact) mass is 360 g/mol. The minimum atomic E-state index is -0.230. The van der Waals surface area contributed by atoms with Crippen LogP contribution in [0.25, 0.3) is 0 Å². The van der Waals surface area contributed by atoms with Crippen LogP contribution < -0.4 is 10.1 Å². The van der Waals surface area contributed by atoms with Crippen LogP contribution >= 0.6 is 0 Å². The summed E-state index contributed by atoms with van der Waals surface area (Å²) >= 11 is 0. The molecule has 3 rings (SSSR count). The second-order valence-electron chi connectivity index (χ2n) is 5.94. The van der Waals surface area contributed by atoms with Gasteiger partial charge in [0.2, 0.25) is 0 Å². The number of nitrogens with zero attached hydrogens (tertiary/aromatic N) is 1. The van der Waals surface area contributed by atoms with E-state index in [1.165, 1.54) is 0 Å². The number of aryl methyl sites for hydroxylation is 2. The van der Waals surface area contributed by atoms with Crippen molar-refractivity contribution in [3.63, 3.8) is 0 Å². The van der Waals surface area contributed by atoms with Crippen molar-refractivity contribution in [2.75, 3.05) is 6.54 Å². The van der Waals surface area contributed by atoms with E-state index in [9.17, 15) is 4.79 Å². The van der Waals surface area contributed by atoms with Crippen LogP contribution in [-0.4, -0.2) is 17.6 Å². The molecule has 0 aliphatic carbocycles. The van der Waals surface area contributed by atoms with Crippen LogP contribution in [-0.2, 0) is 6.61 Å². The lowest BCUT2D eigenvalue weighted by Crippen LogP contribution is -2.24. The lowest BCUT2D eigenvalue weighted by molar-refractivity contribution is 0.0954. The molecule has 5 nitrogen and oxygen atoms in total. The van der Waals surface area contributed by atoms with Gasteiger partial charge in [-0.1, -0.05) is 47.3 Å². The molecule has 0 bridgehead atoms. The summed E-state index contributed by atoms with van der Waals surface area (Å²) in [7, 11) is 0. The van der Waals surface area contributed by atoms with Gasteiger partial charge < -0.3 is 14.6 Å². The molecule has 0 saturated carbocycles. The topological polar surface area (TPSA) is 64.4 Å². The minimum absolute atomic E-state index is 0.230. The molecule has 1 heterocycles. The Bertz CT molecular complexity index is 962. The molecule has 0 unspecified atom stereocenters. The zero-order chi connectivity index (χ0) is 19.1. The van der Waals surface area contributed by atoms with Crippen LogP contribution in [0, 0.1) is 25.7 Å². The van der Waals surface area contributed by atoms with E-state index in [0.717, 1.165) is 16.8 Å². The molecule has 0 aliphatic heterocycles. The first-order valence-corrected chi connectivity index (χ1v) is 8.61. The molecule has 0 saturated heterocycles. The Morgan fingerprint density at radius 1 is 1.11 bits per heavy atom. The summed E-state index contributed by atoms with van der Waals surface area (Å²) in [5, 5.41) is 6.71. The summed E-state index contributed by atoms with van der Waals surface area (Å²) in [6.07, 6.45) is 0. The van der Waals surface area contributed by atoms with Gasteiger partial charge in [0, 0.05) is 5.56 Å². The number of para-hydroxylation sites is 1. The Balaban J connectivity index is 1.63. The number of aromatic nitrogens is 1. The Morgan fingerprint density at radius 3 is 2.59 bits per heavy atom. The Labute approximate surface area is 158 Å². The summed E-state index contributed by atoms with van der Waals surface area (Å²) in [4.78, 5) is 12.5. The lowest BCUT2D eigenvalue weighted by atomic mass is 10.2. The van der Waals surface area contributed by atoms with Crippen molar-refractivity contribution in [3.8, 4) is 17.6 Å². The van der Waals surface area contributed by atoms with E-state index in [4.69, 9.17) is 9.26 Å².